The van der Waals surface area contributed by atoms with Gasteiger partial charge in [0.1, 0.15) is 6.04 Å². The summed E-state index contributed by atoms with van der Waals surface area (Å²) in [6.07, 6.45) is 1.67. The molecule has 0 fully saturated rings. The molecule has 0 radical (unpaired) electrons. The number of thiophene rings is 1. The predicted octanol–water partition coefficient (Wildman–Crippen LogP) is 3.46. The van der Waals surface area contributed by atoms with E-state index in [4.69, 9.17) is 30.5 Å². The van der Waals surface area contributed by atoms with Crippen molar-refractivity contribution in [2.24, 2.45) is 4.99 Å². The lowest BCUT2D eigenvalue weighted by Crippen LogP contribution is -2.39. The van der Waals surface area contributed by atoms with E-state index in [-0.39, 0.29) is 41.9 Å². The molecule has 9 nitrogen and oxygen atoms in total. The van der Waals surface area contributed by atoms with Crippen molar-refractivity contribution in [3.05, 3.63) is 76.1 Å². The van der Waals surface area contributed by atoms with Gasteiger partial charge in [0.25, 0.3) is 5.56 Å². The van der Waals surface area contributed by atoms with Crippen LogP contribution in [0.2, 0.25) is 5.02 Å². The second-order valence-corrected chi connectivity index (χ2v) is 10.3. The molecule has 12 heteroatoms. The zero-order chi connectivity index (χ0) is 27.4. The Morgan fingerprint density at radius 2 is 1.97 bits per heavy atom. The Hall–Kier alpha value is -3.41. The molecule has 0 amide bonds. The summed E-state index contributed by atoms with van der Waals surface area (Å²) in [5, 5.41) is 2.09. The van der Waals surface area contributed by atoms with Crippen LogP contribution < -0.4 is 24.4 Å². The Morgan fingerprint density at radius 3 is 2.63 bits per heavy atom. The number of thiazole rings is 1. The van der Waals surface area contributed by atoms with E-state index in [1.807, 2.05) is 17.5 Å². The average molecular weight is 577 g/mol. The van der Waals surface area contributed by atoms with Crippen LogP contribution in [0.25, 0.3) is 6.08 Å². The van der Waals surface area contributed by atoms with Crippen molar-refractivity contribution in [1.82, 2.24) is 4.57 Å². The maximum Gasteiger partial charge on any atom is 0.344 e. The third kappa shape index (κ3) is 5.54. The second kappa shape index (κ2) is 12.0. The summed E-state index contributed by atoms with van der Waals surface area (Å²) >= 11 is 9.09. The van der Waals surface area contributed by atoms with Crippen LogP contribution in [0.15, 0.2) is 50.7 Å². The molecule has 200 valence electrons. The van der Waals surface area contributed by atoms with Crippen molar-refractivity contribution >= 4 is 52.3 Å². The van der Waals surface area contributed by atoms with Crippen LogP contribution in [0, 0.1) is 0 Å². The highest BCUT2D eigenvalue weighted by Crippen LogP contribution is 2.37. The Bertz CT molecular complexity index is 1570. The quantitative estimate of drug-likeness (QED) is 0.359. The molecular formula is C26H25ClN2O7S2. The van der Waals surface area contributed by atoms with Gasteiger partial charge in [0, 0.05) is 4.88 Å². The zero-order valence-electron chi connectivity index (χ0n) is 21.1. The molecule has 1 aromatic carbocycles. The first kappa shape index (κ1) is 27.6. The fourth-order valence-electron chi connectivity index (χ4n) is 3.96. The van der Waals surface area contributed by atoms with Crippen LogP contribution in [0.4, 0.5) is 0 Å². The maximum atomic E-state index is 13.7. The molecule has 1 aliphatic heterocycles. The van der Waals surface area contributed by atoms with Crippen LogP contribution in [0.1, 0.15) is 37.3 Å². The number of fused-ring (bicyclic) bond motifs is 1. The van der Waals surface area contributed by atoms with Crippen molar-refractivity contribution in [3.8, 4) is 11.5 Å². The van der Waals surface area contributed by atoms with Gasteiger partial charge in [0.15, 0.2) is 22.9 Å². The number of nitrogens with zero attached hydrogens (tertiary/aromatic N) is 2. The van der Waals surface area contributed by atoms with Crippen LogP contribution in [0.5, 0.6) is 11.5 Å². The fraction of sp³-hybridized carbons (Fsp3) is 0.308. The van der Waals surface area contributed by atoms with Gasteiger partial charge >= 0.3 is 11.9 Å². The third-order valence-corrected chi connectivity index (χ3v) is 7.71. The number of hydrogen-bond donors (Lipinski definition) is 0. The van der Waals surface area contributed by atoms with Gasteiger partial charge in [-0.1, -0.05) is 29.0 Å². The normalized spacial score (nSPS) is 15.1. The molecule has 1 atom stereocenters. The number of methoxy groups -OCH3 is 1. The Kier molecular flexibility index (Phi) is 8.70. The summed E-state index contributed by atoms with van der Waals surface area (Å²) < 4.78 is 23.0. The molecule has 2 aromatic heterocycles. The maximum absolute atomic E-state index is 13.7. The molecule has 0 unspecified atom stereocenters. The molecule has 0 bridgehead atoms. The lowest BCUT2D eigenvalue weighted by molar-refractivity contribution is -0.145. The highest BCUT2D eigenvalue weighted by molar-refractivity contribution is 7.10. The van der Waals surface area contributed by atoms with E-state index in [0.29, 0.717) is 26.2 Å². The van der Waals surface area contributed by atoms with Gasteiger partial charge in [0.2, 0.25) is 0 Å². The molecular weight excluding hydrogens is 552 g/mol. The Labute approximate surface area is 231 Å². The third-order valence-electron chi connectivity index (χ3n) is 5.52. The van der Waals surface area contributed by atoms with Gasteiger partial charge in [0.05, 0.1) is 41.1 Å². The number of esters is 2. The molecule has 0 aliphatic carbocycles. The van der Waals surface area contributed by atoms with Gasteiger partial charge in [-0.15, -0.1) is 11.3 Å². The lowest BCUT2D eigenvalue weighted by Gasteiger charge is -2.23. The first-order chi connectivity index (χ1) is 18.3. The number of ether oxygens (including phenoxy) is 4. The number of carbonyl (C=O) groups is 2. The van der Waals surface area contributed by atoms with Gasteiger partial charge in [-0.05, 0) is 56.0 Å². The van der Waals surface area contributed by atoms with E-state index < -0.39 is 18.0 Å². The minimum Gasteiger partial charge on any atom is -0.493 e. The summed E-state index contributed by atoms with van der Waals surface area (Å²) in [7, 11) is 1.45. The van der Waals surface area contributed by atoms with Crippen LogP contribution in [0.3, 0.4) is 0 Å². The molecule has 3 aromatic rings. The van der Waals surface area contributed by atoms with Gasteiger partial charge in [-0.2, -0.15) is 0 Å². The summed E-state index contributed by atoms with van der Waals surface area (Å²) in [6.45, 7) is 5.29. The fourth-order valence-corrected chi connectivity index (χ4v) is 6.10. The van der Waals surface area contributed by atoms with Crippen molar-refractivity contribution in [2.45, 2.75) is 26.8 Å². The molecule has 4 rings (SSSR count). The van der Waals surface area contributed by atoms with Crippen molar-refractivity contribution < 1.29 is 28.5 Å². The summed E-state index contributed by atoms with van der Waals surface area (Å²) in [5.74, 6) is -0.559. The molecule has 0 spiro atoms. The second-order valence-electron chi connectivity index (χ2n) is 7.95. The number of rotatable bonds is 9. The van der Waals surface area contributed by atoms with E-state index in [1.165, 1.54) is 34.4 Å². The molecule has 0 N–H and O–H groups in total. The Balaban J connectivity index is 1.79. The highest BCUT2D eigenvalue weighted by atomic mass is 35.5. The smallest absolute Gasteiger partial charge is 0.344 e. The molecule has 0 saturated heterocycles. The minimum absolute atomic E-state index is 0.188. The molecule has 1 aliphatic rings. The number of allylic oxidation sites excluding steroid dienone is 1. The molecule has 0 saturated carbocycles. The van der Waals surface area contributed by atoms with Crippen LogP contribution in [-0.4, -0.2) is 43.4 Å². The minimum atomic E-state index is -0.649. The average Bonchev–Trinajstić information content (AvgIpc) is 3.51. The SMILES string of the molecule is CCOC(=O)COc1c(Cl)cc(/C=c2\sc3n(c2=O)[C@H](c2cccs2)C(C(=O)OCC)=C(C)N=3)cc1OC. The Morgan fingerprint density at radius 1 is 1.21 bits per heavy atom. The first-order valence-corrected chi connectivity index (χ1v) is 13.7. The van der Waals surface area contributed by atoms with E-state index in [2.05, 4.69) is 4.99 Å². The van der Waals surface area contributed by atoms with E-state index in [0.717, 1.165) is 4.88 Å². The summed E-state index contributed by atoms with van der Waals surface area (Å²) in [5.41, 5.74) is 1.11. The first-order valence-electron chi connectivity index (χ1n) is 11.7. The van der Waals surface area contributed by atoms with E-state index in [9.17, 15) is 14.4 Å². The predicted molar refractivity (Wildman–Crippen MR) is 145 cm³/mol. The van der Waals surface area contributed by atoms with Gasteiger partial charge in [-0.3, -0.25) is 9.36 Å². The van der Waals surface area contributed by atoms with Gasteiger partial charge in [-0.25, -0.2) is 14.6 Å². The standard InChI is InChI=1S/C26H25ClN2O7S2/c1-5-34-20(30)13-36-23-16(27)10-15(11-17(23)33-4)12-19-24(31)29-22(18-8-7-9-37-18)21(25(32)35-6-2)14(3)28-26(29)38-19/h7-12,22H,5-6,13H2,1-4H3/b19-12-/t22-/m1/s1. The van der Waals surface area contributed by atoms with Crippen LogP contribution in [-0.2, 0) is 19.1 Å². The summed E-state index contributed by atoms with van der Waals surface area (Å²) in [6, 6.07) is 6.35. The number of hydrogen-bond acceptors (Lipinski definition) is 10. The number of halogens is 1. The number of aromatic nitrogens is 1. The zero-order valence-corrected chi connectivity index (χ0v) is 23.5. The largest absolute Gasteiger partial charge is 0.493 e. The van der Waals surface area contributed by atoms with Crippen molar-refractivity contribution in [1.29, 1.82) is 0 Å². The summed E-state index contributed by atoms with van der Waals surface area (Å²) in [4.78, 5) is 44.1. The van der Waals surface area contributed by atoms with E-state index >= 15 is 0 Å². The monoisotopic (exact) mass is 576 g/mol. The van der Waals surface area contributed by atoms with E-state index in [1.54, 1.807) is 39.0 Å². The molecule has 38 heavy (non-hydrogen) atoms. The van der Waals surface area contributed by atoms with Crippen molar-refractivity contribution in [2.75, 3.05) is 26.9 Å². The van der Waals surface area contributed by atoms with Crippen molar-refractivity contribution in [3.63, 3.8) is 0 Å². The number of benzene rings is 1. The highest BCUT2D eigenvalue weighted by Gasteiger charge is 2.33. The lowest BCUT2D eigenvalue weighted by atomic mass is 10.0. The molecule has 3 heterocycles. The van der Waals surface area contributed by atoms with Gasteiger partial charge < -0.3 is 18.9 Å². The number of carbonyl (C=O) groups excluding carboxylic acids is 2. The van der Waals surface area contributed by atoms with Crippen LogP contribution >= 0.6 is 34.3 Å². The topological polar surface area (TPSA) is 105 Å².